The van der Waals surface area contributed by atoms with Crippen LogP contribution in [0, 0.1) is 12.8 Å². The summed E-state index contributed by atoms with van der Waals surface area (Å²) < 4.78 is 0. The summed E-state index contributed by atoms with van der Waals surface area (Å²) in [6.07, 6.45) is 3.99. The van der Waals surface area contributed by atoms with Crippen LogP contribution in [0.2, 0.25) is 0 Å². The van der Waals surface area contributed by atoms with Crippen LogP contribution < -0.4 is 5.73 Å². The number of rotatable bonds is 1. The summed E-state index contributed by atoms with van der Waals surface area (Å²) in [5.74, 6) is 1.66. The van der Waals surface area contributed by atoms with E-state index >= 15 is 0 Å². The number of pyridine rings is 1. The first-order chi connectivity index (χ1) is 7.11. The van der Waals surface area contributed by atoms with Gasteiger partial charge in [-0.3, -0.25) is 0 Å². The van der Waals surface area contributed by atoms with Crippen LogP contribution in [-0.4, -0.2) is 10.4 Å². The van der Waals surface area contributed by atoms with E-state index in [0.29, 0.717) is 17.7 Å². The third-order valence-corrected chi connectivity index (χ3v) is 4.18. The Morgan fingerprint density at radius 1 is 1.47 bits per heavy atom. The molecule has 1 aliphatic carbocycles. The van der Waals surface area contributed by atoms with E-state index in [9.17, 15) is 0 Å². The monoisotopic (exact) mass is 224 g/mol. The Morgan fingerprint density at radius 3 is 2.73 bits per heavy atom. The normalized spacial score (nSPS) is 30.7. The highest BCUT2D eigenvalue weighted by atomic mass is 35.5. The summed E-state index contributed by atoms with van der Waals surface area (Å²) in [6, 6.07) is 2.03. The van der Waals surface area contributed by atoms with Crippen molar-refractivity contribution in [2.45, 2.75) is 38.0 Å². The van der Waals surface area contributed by atoms with Gasteiger partial charge in [-0.1, -0.05) is 6.92 Å². The van der Waals surface area contributed by atoms with E-state index < -0.39 is 0 Å². The first kappa shape index (κ1) is 10.7. The maximum Gasteiger partial charge on any atom is 0.127 e. The number of nitrogens with zero attached hydrogens (tertiary/aromatic N) is 1. The molecule has 0 saturated heterocycles. The number of nitrogen functional groups attached to an aromatic ring is 1. The molecule has 0 aromatic carbocycles. The van der Waals surface area contributed by atoms with Crippen molar-refractivity contribution in [2.24, 2.45) is 5.92 Å². The van der Waals surface area contributed by atoms with Crippen molar-refractivity contribution in [3.8, 4) is 0 Å². The van der Waals surface area contributed by atoms with Crippen LogP contribution >= 0.6 is 11.6 Å². The summed E-state index contributed by atoms with van der Waals surface area (Å²) in [5, 5.41) is 0.286. The molecule has 0 radical (unpaired) electrons. The second-order valence-electron chi connectivity index (χ2n) is 4.49. The van der Waals surface area contributed by atoms with Gasteiger partial charge >= 0.3 is 0 Å². The Bertz CT molecular complexity index is 344. The van der Waals surface area contributed by atoms with E-state index in [-0.39, 0.29) is 5.38 Å². The number of alkyl halides is 1. The van der Waals surface area contributed by atoms with Crippen LogP contribution in [0.5, 0.6) is 0 Å². The molecule has 3 atom stereocenters. The quantitative estimate of drug-likeness (QED) is 0.745. The third-order valence-electron chi connectivity index (χ3n) is 3.57. The van der Waals surface area contributed by atoms with Gasteiger partial charge in [-0.25, -0.2) is 4.98 Å². The van der Waals surface area contributed by atoms with Crippen molar-refractivity contribution in [2.75, 3.05) is 5.73 Å². The van der Waals surface area contributed by atoms with Crippen molar-refractivity contribution in [3.63, 3.8) is 0 Å². The Labute approximate surface area is 95.8 Å². The second kappa shape index (κ2) is 4.01. The number of halogens is 1. The molecule has 0 aliphatic heterocycles. The van der Waals surface area contributed by atoms with Gasteiger partial charge in [-0.15, -0.1) is 11.6 Å². The first-order valence-electron chi connectivity index (χ1n) is 5.46. The van der Waals surface area contributed by atoms with Crippen LogP contribution in [0.4, 0.5) is 5.82 Å². The molecular formula is C12H17ClN2. The van der Waals surface area contributed by atoms with Crippen molar-refractivity contribution in [1.29, 1.82) is 0 Å². The summed E-state index contributed by atoms with van der Waals surface area (Å²) in [6.45, 7) is 4.31. The fourth-order valence-electron chi connectivity index (χ4n) is 2.60. The Hall–Kier alpha value is -0.760. The molecule has 1 aliphatic rings. The van der Waals surface area contributed by atoms with Crippen LogP contribution in [0.1, 0.15) is 36.8 Å². The molecule has 1 saturated carbocycles. The fourth-order valence-corrected chi connectivity index (χ4v) is 2.90. The molecular weight excluding hydrogens is 208 g/mol. The smallest absolute Gasteiger partial charge is 0.127 e. The highest BCUT2D eigenvalue weighted by molar-refractivity contribution is 6.21. The summed E-state index contributed by atoms with van der Waals surface area (Å²) in [4.78, 5) is 4.18. The minimum atomic E-state index is 0.286. The summed E-state index contributed by atoms with van der Waals surface area (Å²) in [5.41, 5.74) is 8.41. The van der Waals surface area contributed by atoms with E-state index in [1.165, 1.54) is 11.1 Å². The highest BCUT2D eigenvalue weighted by Gasteiger charge is 2.34. The second-order valence-corrected chi connectivity index (χ2v) is 5.05. The minimum Gasteiger partial charge on any atom is -0.383 e. The lowest BCUT2D eigenvalue weighted by Gasteiger charge is -2.20. The van der Waals surface area contributed by atoms with Gasteiger partial charge in [0.2, 0.25) is 0 Å². The molecule has 1 aromatic heterocycles. The highest BCUT2D eigenvalue weighted by Crippen LogP contribution is 2.44. The molecule has 82 valence electrons. The molecule has 15 heavy (non-hydrogen) atoms. The predicted octanol–water partition coefficient (Wildman–Crippen LogP) is 3.09. The molecule has 3 heteroatoms. The lowest BCUT2D eigenvalue weighted by molar-refractivity contribution is 0.536. The van der Waals surface area contributed by atoms with Crippen LogP contribution in [-0.2, 0) is 0 Å². The average Bonchev–Trinajstić information content (AvgIpc) is 2.49. The number of hydrogen-bond acceptors (Lipinski definition) is 2. The number of aryl methyl sites for hydroxylation is 1. The molecule has 2 rings (SSSR count). The topological polar surface area (TPSA) is 38.9 Å². The number of aromatic nitrogens is 1. The van der Waals surface area contributed by atoms with Crippen LogP contribution in [0.25, 0.3) is 0 Å². The molecule has 0 bridgehead atoms. The maximum absolute atomic E-state index is 6.25. The zero-order valence-electron chi connectivity index (χ0n) is 9.20. The van der Waals surface area contributed by atoms with E-state index in [4.69, 9.17) is 17.3 Å². The summed E-state index contributed by atoms with van der Waals surface area (Å²) >= 11 is 6.25. The largest absolute Gasteiger partial charge is 0.383 e. The molecule has 0 amide bonds. The van der Waals surface area contributed by atoms with Gasteiger partial charge < -0.3 is 5.73 Å². The third kappa shape index (κ3) is 1.83. The zero-order valence-corrected chi connectivity index (χ0v) is 9.96. The van der Waals surface area contributed by atoms with Gasteiger partial charge in [0.1, 0.15) is 5.82 Å². The molecule has 2 N–H and O–H groups in total. The zero-order chi connectivity index (χ0) is 11.0. The van der Waals surface area contributed by atoms with E-state index in [1.807, 2.05) is 6.07 Å². The number of hydrogen-bond donors (Lipinski definition) is 1. The van der Waals surface area contributed by atoms with Crippen molar-refractivity contribution in [3.05, 3.63) is 23.4 Å². The average molecular weight is 225 g/mol. The van der Waals surface area contributed by atoms with E-state index in [1.54, 1.807) is 6.20 Å². The first-order valence-corrected chi connectivity index (χ1v) is 5.90. The van der Waals surface area contributed by atoms with E-state index in [0.717, 1.165) is 12.8 Å². The van der Waals surface area contributed by atoms with Crippen molar-refractivity contribution in [1.82, 2.24) is 4.98 Å². The van der Waals surface area contributed by atoms with Crippen LogP contribution in [0.3, 0.4) is 0 Å². The molecule has 2 nitrogen and oxygen atoms in total. The van der Waals surface area contributed by atoms with Gasteiger partial charge in [0.15, 0.2) is 0 Å². The molecule has 1 fully saturated rings. The molecule has 3 unspecified atom stereocenters. The molecule has 1 aromatic rings. The lowest BCUT2D eigenvalue weighted by atomic mass is 9.88. The van der Waals surface area contributed by atoms with Gasteiger partial charge in [-0.2, -0.15) is 0 Å². The van der Waals surface area contributed by atoms with Crippen molar-refractivity contribution < 1.29 is 0 Å². The Balaban J connectivity index is 2.38. The van der Waals surface area contributed by atoms with Crippen molar-refractivity contribution >= 4 is 17.4 Å². The standard InChI is InChI=1S/C12H17ClN2/c1-7-5-6-15-12(14)11(7)9-3-4-10(13)8(9)2/h5-6,8-10H,3-4H2,1-2H3,(H2,14,15). The van der Waals surface area contributed by atoms with Crippen LogP contribution in [0.15, 0.2) is 12.3 Å². The number of anilines is 1. The SMILES string of the molecule is Cc1ccnc(N)c1C1CCC(Cl)C1C. The van der Waals surface area contributed by atoms with Gasteiger partial charge in [0.25, 0.3) is 0 Å². The van der Waals surface area contributed by atoms with Gasteiger partial charge in [0.05, 0.1) is 0 Å². The lowest BCUT2D eigenvalue weighted by Crippen LogP contribution is -2.13. The fraction of sp³-hybridized carbons (Fsp3) is 0.583. The Morgan fingerprint density at radius 2 is 2.20 bits per heavy atom. The van der Waals surface area contributed by atoms with E-state index in [2.05, 4.69) is 18.8 Å². The summed E-state index contributed by atoms with van der Waals surface area (Å²) in [7, 11) is 0. The Kier molecular flexibility index (Phi) is 2.87. The van der Waals surface area contributed by atoms with Gasteiger partial charge in [0, 0.05) is 17.1 Å². The number of nitrogens with two attached hydrogens (primary N) is 1. The molecule has 0 spiro atoms. The molecule has 1 heterocycles. The minimum absolute atomic E-state index is 0.286. The maximum atomic E-state index is 6.25. The van der Waals surface area contributed by atoms with Gasteiger partial charge in [-0.05, 0) is 43.2 Å². The predicted molar refractivity (Wildman–Crippen MR) is 64.2 cm³/mol.